The Kier molecular flexibility index (Phi) is 4.00. The molecule has 112 valence electrons. The lowest BCUT2D eigenvalue weighted by molar-refractivity contribution is 0.0946. The minimum Gasteiger partial charge on any atom is -0.346 e. The van der Waals surface area contributed by atoms with Crippen molar-refractivity contribution < 1.29 is 9.18 Å². The molecule has 3 rings (SSSR count). The van der Waals surface area contributed by atoms with E-state index >= 15 is 0 Å². The number of fused-ring (bicyclic) bond motifs is 1. The molecular weight excluding hydrogens is 328 g/mol. The first-order chi connectivity index (χ1) is 10.5. The average Bonchev–Trinajstić information content (AvgIpc) is 2.89. The second-order valence-corrected chi connectivity index (χ2v) is 5.52. The van der Waals surface area contributed by atoms with Gasteiger partial charge in [-0.25, -0.2) is 9.37 Å². The number of benzene rings is 1. The summed E-state index contributed by atoms with van der Waals surface area (Å²) in [6.07, 6.45) is 3.46. The Morgan fingerprint density at radius 3 is 2.77 bits per heavy atom. The van der Waals surface area contributed by atoms with Gasteiger partial charge in [-0.3, -0.25) is 4.79 Å². The van der Waals surface area contributed by atoms with E-state index in [9.17, 15) is 9.18 Å². The molecule has 0 aliphatic heterocycles. The summed E-state index contributed by atoms with van der Waals surface area (Å²) in [6, 6.07) is 7.33. The van der Waals surface area contributed by atoms with Crippen LogP contribution in [0.5, 0.6) is 0 Å². The third-order valence-electron chi connectivity index (χ3n) is 3.07. The van der Waals surface area contributed by atoms with Crippen molar-refractivity contribution in [2.24, 2.45) is 0 Å². The number of carbonyl (C=O) groups excluding carboxylic acids is 1. The summed E-state index contributed by atoms with van der Waals surface area (Å²) in [6.45, 7) is 0.171. The van der Waals surface area contributed by atoms with Gasteiger partial charge in [0.15, 0.2) is 0 Å². The highest BCUT2D eigenvalue weighted by molar-refractivity contribution is 6.31. The van der Waals surface area contributed by atoms with Gasteiger partial charge in [-0.1, -0.05) is 23.2 Å². The number of hydrogen-bond acceptors (Lipinski definition) is 2. The highest BCUT2D eigenvalue weighted by Crippen LogP contribution is 2.15. The summed E-state index contributed by atoms with van der Waals surface area (Å²) >= 11 is 11.7. The molecule has 2 heterocycles. The molecule has 2 aromatic heterocycles. The Hall–Kier alpha value is -2.11. The average molecular weight is 338 g/mol. The number of pyridine rings is 1. The van der Waals surface area contributed by atoms with Crippen molar-refractivity contribution in [2.45, 2.75) is 6.54 Å². The minimum absolute atomic E-state index is 0.0979. The van der Waals surface area contributed by atoms with Gasteiger partial charge in [0.1, 0.15) is 11.5 Å². The number of imidazole rings is 1. The molecule has 1 N–H and O–H groups in total. The Balaban J connectivity index is 1.75. The first-order valence-electron chi connectivity index (χ1n) is 6.39. The van der Waals surface area contributed by atoms with Gasteiger partial charge >= 0.3 is 0 Å². The monoisotopic (exact) mass is 337 g/mol. The number of nitrogens with one attached hydrogen (secondary N) is 1. The summed E-state index contributed by atoms with van der Waals surface area (Å²) in [5.41, 5.74) is 1.25. The Bertz CT molecular complexity index is 863. The fourth-order valence-corrected chi connectivity index (χ4v) is 2.38. The standard InChI is InChI=1S/C15H10Cl2FN3O/c16-9-1-3-13(18)12(5-9)15(22)19-6-11-8-21-7-10(17)2-4-14(21)20-11/h1-5,7-8H,6H2,(H,19,22). The lowest BCUT2D eigenvalue weighted by Gasteiger charge is -2.04. The van der Waals surface area contributed by atoms with Gasteiger partial charge in [-0.15, -0.1) is 0 Å². The molecule has 0 fully saturated rings. The van der Waals surface area contributed by atoms with E-state index in [1.807, 2.05) is 0 Å². The van der Waals surface area contributed by atoms with Crippen molar-refractivity contribution in [3.63, 3.8) is 0 Å². The molecule has 0 aliphatic carbocycles. The fourth-order valence-electron chi connectivity index (χ4n) is 2.04. The van der Waals surface area contributed by atoms with E-state index in [0.29, 0.717) is 21.4 Å². The summed E-state index contributed by atoms with van der Waals surface area (Å²) < 4.78 is 15.4. The Labute approximate surface area is 135 Å². The number of halogens is 3. The largest absolute Gasteiger partial charge is 0.346 e. The second-order valence-electron chi connectivity index (χ2n) is 4.65. The van der Waals surface area contributed by atoms with Crippen molar-refractivity contribution >= 4 is 34.8 Å². The topological polar surface area (TPSA) is 46.4 Å². The second kappa shape index (κ2) is 5.94. The number of nitrogens with zero attached hydrogens (tertiary/aromatic N) is 2. The lowest BCUT2D eigenvalue weighted by atomic mass is 10.2. The predicted octanol–water partition coefficient (Wildman–Crippen LogP) is 3.71. The van der Waals surface area contributed by atoms with Crippen LogP contribution in [0.25, 0.3) is 5.65 Å². The Morgan fingerprint density at radius 2 is 1.95 bits per heavy atom. The van der Waals surface area contributed by atoms with Gasteiger partial charge in [0, 0.05) is 17.4 Å². The van der Waals surface area contributed by atoms with Crippen LogP contribution in [0.4, 0.5) is 4.39 Å². The SMILES string of the molecule is O=C(NCc1cn2cc(Cl)ccc2n1)c1cc(Cl)ccc1F. The molecule has 1 amide bonds. The molecule has 0 saturated carbocycles. The molecule has 0 bridgehead atoms. The molecule has 0 spiro atoms. The lowest BCUT2D eigenvalue weighted by Crippen LogP contribution is -2.24. The van der Waals surface area contributed by atoms with E-state index in [-0.39, 0.29) is 12.1 Å². The van der Waals surface area contributed by atoms with Gasteiger partial charge in [0.25, 0.3) is 5.91 Å². The van der Waals surface area contributed by atoms with Crippen LogP contribution >= 0.6 is 23.2 Å². The van der Waals surface area contributed by atoms with E-state index in [0.717, 1.165) is 6.07 Å². The van der Waals surface area contributed by atoms with Gasteiger partial charge < -0.3 is 9.72 Å². The Morgan fingerprint density at radius 1 is 1.18 bits per heavy atom. The summed E-state index contributed by atoms with van der Waals surface area (Å²) in [5.74, 6) is -1.17. The van der Waals surface area contributed by atoms with Crippen molar-refractivity contribution in [2.75, 3.05) is 0 Å². The summed E-state index contributed by atoms with van der Waals surface area (Å²) in [7, 11) is 0. The summed E-state index contributed by atoms with van der Waals surface area (Å²) in [5, 5.41) is 3.50. The number of rotatable bonds is 3. The molecule has 1 aromatic carbocycles. The predicted molar refractivity (Wildman–Crippen MR) is 82.8 cm³/mol. The normalized spacial score (nSPS) is 10.9. The molecule has 0 aliphatic rings. The number of aromatic nitrogens is 2. The number of hydrogen-bond donors (Lipinski definition) is 1. The van der Waals surface area contributed by atoms with Crippen LogP contribution in [0.15, 0.2) is 42.7 Å². The van der Waals surface area contributed by atoms with E-state index in [4.69, 9.17) is 23.2 Å². The van der Waals surface area contributed by atoms with Crippen molar-refractivity contribution in [3.8, 4) is 0 Å². The molecule has 0 unspecified atom stereocenters. The van der Waals surface area contributed by atoms with Crippen LogP contribution in [0.3, 0.4) is 0 Å². The first-order valence-corrected chi connectivity index (χ1v) is 7.15. The molecule has 22 heavy (non-hydrogen) atoms. The van der Waals surface area contributed by atoms with E-state index < -0.39 is 11.7 Å². The number of carbonyl (C=O) groups is 1. The third-order valence-corrected chi connectivity index (χ3v) is 3.53. The molecule has 3 aromatic rings. The van der Waals surface area contributed by atoms with Crippen LogP contribution < -0.4 is 5.32 Å². The molecule has 0 atom stereocenters. The zero-order valence-electron chi connectivity index (χ0n) is 11.2. The van der Waals surface area contributed by atoms with Crippen molar-refractivity contribution in [1.29, 1.82) is 0 Å². The molecular formula is C15H10Cl2FN3O. The van der Waals surface area contributed by atoms with Gasteiger partial charge in [0.05, 0.1) is 22.8 Å². The first kappa shape index (κ1) is 14.8. The molecule has 0 saturated heterocycles. The van der Waals surface area contributed by atoms with Crippen LogP contribution in [0.1, 0.15) is 16.1 Å². The van der Waals surface area contributed by atoms with Crippen LogP contribution in [-0.4, -0.2) is 15.3 Å². The molecule has 7 heteroatoms. The van der Waals surface area contributed by atoms with Crippen LogP contribution in [0, 0.1) is 5.82 Å². The van der Waals surface area contributed by atoms with Gasteiger partial charge in [0.2, 0.25) is 0 Å². The quantitative estimate of drug-likeness (QED) is 0.791. The van der Waals surface area contributed by atoms with Gasteiger partial charge in [-0.2, -0.15) is 0 Å². The highest BCUT2D eigenvalue weighted by atomic mass is 35.5. The highest BCUT2D eigenvalue weighted by Gasteiger charge is 2.12. The maximum atomic E-state index is 13.6. The van der Waals surface area contributed by atoms with Crippen molar-refractivity contribution in [3.05, 3.63) is 69.8 Å². The molecule has 4 nitrogen and oxygen atoms in total. The third kappa shape index (κ3) is 3.05. The summed E-state index contributed by atoms with van der Waals surface area (Å²) in [4.78, 5) is 16.3. The van der Waals surface area contributed by atoms with Crippen molar-refractivity contribution in [1.82, 2.24) is 14.7 Å². The molecule has 0 radical (unpaired) electrons. The maximum absolute atomic E-state index is 13.6. The van der Waals surface area contributed by atoms with Crippen LogP contribution in [0.2, 0.25) is 10.0 Å². The van der Waals surface area contributed by atoms with Gasteiger partial charge in [-0.05, 0) is 30.3 Å². The zero-order chi connectivity index (χ0) is 15.7. The van der Waals surface area contributed by atoms with Crippen LogP contribution in [-0.2, 0) is 6.54 Å². The smallest absolute Gasteiger partial charge is 0.254 e. The number of amides is 1. The van der Waals surface area contributed by atoms with E-state index in [1.54, 1.807) is 28.9 Å². The maximum Gasteiger partial charge on any atom is 0.254 e. The van der Waals surface area contributed by atoms with E-state index in [1.165, 1.54) is 12.1 Å². The minimum atomic E-state index is -0.622. The van der Waals surface area contributed by atoms with E-state index in [2.05, 4.69) is 10.3 Å². The zero-order valence-corrected chi connectivity index (χ0v) is 12.7. The fraction of sp³-hybridized carbons (Fsp3) is 0.0667.